The molecule has 0 saturated carbocycles. The molecule has 0 amide bonds. The zero-order chi connectivity index (χ0) is 9.97. The highest BCUT2D eigenvalue weighted by Gasteiger charge is 2.21. The number of rotatable bonds is 3. The first-order valence-electron chi connectivity index (χ1n) is 4.33. The van der Waals surface area contributed by atoms with E-state index in [0.29, 0.717) is 12.3 Å². The molecule has 1 aromatic rings. The SMILES string of the molecule is O=[N+]([O-])c1sccc1NC1CCOC1. The molecular weight excluding hydrogens is 204 g/mol. The summed E-state index contributed by atoms with van der Waals surface area (Å²) in [4.78, 5) is 10.2. The predicted octanol–water partition coefficient (Wildman–Crippen LogP) is 1.86. The standard InChI is InChI=1S/C8H10N2O3S/c11-10(12)8-7(2-4-14-8)9-6-1-3-13-5-6/h2,4,6,9H,1,3,5H2. The number of hydrogen-bond donors (Lipinski definition) is 1. The smallest absolute Gasteiger partial charge is 0.347 e. The van der Waals surface area contributed by atoms with E-state index in [0.717, 1.165) is 24.4 Å². The highest BCUT2D eigenvalue weighted by molar-refractivity contribution is 7.14. The van der Waals surface area contributed by atoms with Crippen LogP contribution in [0, 0.1) is 10.1 Å². The van der Waals surface area contributed by atoms with Gasteiger partial charge in [-0.15, -0.1) is 0 Å². The van der Waals surface area contributed by atoms with Gasteiger partial charge in [-0.1, -0.05) is 11.3 Å². The maximum absolute atomic E-state index is 10.6. The quantitative estimate of drug-likeness (QED) is 0.616. The Morgan fingerprint density at radius 3 is 3.21 bits per heavy atom. The summed E-state index contributed by atoms with van der Waals surface area (Å²) in [5, 5.41) is 15.6. The first-order chi connectivity index (χ1) is 6.77. The first-order valence-corrected chi connectivity index (χ1v) is 5.21. The molecule has 1 fully saturated rings. The van der Waals surface area contributed by atoms with Crippen LogP contribution in [0.4, 0.5) is 10.7 Å². The molecule has 6 heteroatoms. The molecule has 1 aliphatic rings. The van der Waals surface area contributed by atoms with Gasteiger partial charge in [-0.3, -0.25) is 10.1 Å². The fourth-order valence-electron chi connectivity index (χ4n) is 1.42. The summed E-state index contributed by atoms with van der Waals surface area (Å²) in [7, 11) is 0. The third-order valence-electron chi connectivity index (χ3n) is 2.10. The van der Waals surface area contributed by atoms with Gasteiger partial charge < -0.3 is 10.1 Å². The Hall–Kier alpha value is -1.14. The Morgan fingerprint density at radius 2 is 2.57 bits per heavy atom. The third-order valence-corrected chi connectivity index (χ3v) is 2.96. The Labute approximate surface area is 84.8 Å². The molecule has 1 N–H and O–H groups in total. The van der Waals surface area contributed by atoms with E-state index >= 15 is 0 Å². The van der Waals surface area contributed by atoms with Crippen LogP contribution in [-0.4, -0.2) is 24.2 Å². The monoisotopic (exact) mass is 214 g/mol. The van der Waals surface area contributed by atoms with Crippen molar-refractivity contribution in [3.8, 4) is 0 Å². The van der Waals surface area contributed by atoms with Crippen LogP contribution in [0.25, 0.3) is 0 Å². The molecule has 0 aliphatic carbocycles. The summed E-state index contributed by atoms with van der Waals surface area (Å²) in [5.41, 5.74) is 0.607. The van der Waals surface area contributed by atoms with E-state index in [2.05, 4.69) is 5.32 Å². The second-order valence-corrected chi connectivity index (χ2v) is 4.00. The molecule has 0 aromatic carbocycles. The van der Waals surface area contributed by atoms with Crippen LogP contribution in [0.15, 0.2) is 11.4 Å². The molecule has 2 rings (SSSR count). The van der Waals surface area contributed by atoms with Gasteiger partial charge in [0.15, 0.2) is 0 Å². The molecule has 0 spiro atoms. The minimum Gasteiger partial charge on any atom is -0.379 e. The summed E-state index contributed by atoms with van der Waals surface area (Å²) in [6, 6.07) is 1.95. The summed E-state index contributed by atoms with van der Waals surface area (Å²) >= 11 is 1.14. The number of nitrogens with zero attached hydrogens (tertiary/aromatic N) is 1. The highest BCUT2D eigenvalue weighted by Crippen LogP contribution is 2.31. The van der Waals surface area contributed by atoms with Gasteiger partial charge in [0.05, 0.1) is 17.6 Å². The van der Waals surface area contributed by atoms with Crippen molar-refractivity contribution in [2.24, 2.45) is 0 Å². The van der Waals surface area contributed by atoms with Gasteiger partial charge in [0.25, 0.3) is 0 Å². The summed E-state index contributed by atoms with van der Waals surface area (Å²) < 4.78 is 5.18. The third kappa shape index (κ3) is 1.85. The average Bonchev–Trinajstić information content (AvgIpc) is 2.75. The summed E-state index contributed by atoms with van der Waals surface area (Å²) in [6.07, 6.45) is 0.910. The van der Waals surface area contributed by atoms with E-state index in [1.807, 2.05) is 0 Å². The minimum absolute atomic E-state index is 0.178. The van der Waals surface area contributed by atoms with Crippen molar-refractivity contribution in [1.29, 1.82) is 0 Å². The minimum atomic E-state index is -0.358. The normalized spacial score (nSPS) is 21.0. The molecule has 76 valence electrons. The average molecular weight is 214 g/mol. The number of hydrogen-bond acceptors (Lipinski definition) is 5. The lowest BCUT2D eigenvalue weighted by atomic mass is 10.2. The maximum atomic E-state index is 10.6. The zero-order valence-corrected chi connectivity index (χ0v) is 8.25. The van der Waals surface area contributed by atoms with Crippen molar-refractivity contribution in [2.75, 3.05) is 18.5 Å². The van der Waals surface area contributed by atoms with Crippen LogP contribution in [0.5, 0.6) is 0 Å². The van der Waals surface area contributed by atoms with Gasteiger partial charge in [0.1, 0.15) is 5.69 Å². The molecule has 5 nitrogen and oxygen atoms in total. The van der Waals surface area contributed by atoms with Crippen molar-refractivity contribution in [2.45, 2.75) is 12.5 Å². The predicted molar refractivity (Wildman–Crippen MR) is 53.8 cm³/mol. The number of anilines is 1. The van der Waals surface area contributed by atoms with E-state index in [1.54, 1.807) is 11.4 Å². The Morgan fingerprint density at radius 1 is 1.71 bits per heavy atom. The van der Waals surface area contributed by atoms with Crippen LogP contribution in [0.2, 0.25) is 0 Å². The van der Waals surface area contributed by atoms with Crippen LogP contribution in [-0.2, 0) is 4.74 Å². The molecule has 1 atom stereocenters. The number of nitrogens with one attached hydrogen (secondary N) is 1. The Kier molecular flexibility index (Phi) is 2.64. The maximum Gasteiger partial charge on any atom is 0.347 e. The van der Waals surface area contributed by atoms with E-state index in [-0.39, 0.29) is 16.0 Å². The Balaban J connectivity index is 2.07. The van der Waals surface area contributed by atoms with Crippen molar-refractivity contribution >= 4 is 22.0 Å². The lowest BCUT2D eigenvalue weighted by Crippen LogP contribution is -2.18. The lowest BCUT2D eigenvalue weighted by Gasteiger charge is -2.09. The first kappa shape index (κ1) is 9.42. The van der Waals surface area contributed by atoms with Crippen LogP contribution >= 0.6 is 11.3 Å². The summed E-state index contributed by atoms with van der Waals surface area (Å²) in [5.74, 6) is 0. The lowest BCUT2D eigenvalue weighted by molar-refractivity contribution is -0.379. The summed E-state index contributed by atoms with van der Waals surface area (Å²) in [6.45, 7) is 1.36. The van der Waals surface area contributed by atoms with Gasteiger partial charge in [0, 0.05) is 6.61 Å². The second-order valence-electron chi connectivity index (χ2n) is 3.10. The largest absolute Gasteiger partial charge is 0.379 e. The van der Waals surface area contributed by atoms with Gasteiger partial charge in [-0.25, -0.2) is 0 Å². The van der Waals surface area contributed by atoms with Crippen molar-refractivity contribution < 1.29 is 9.66 Å². The fraction of sp³-hybridized carbons (Fsp3) is 0.500. The molecule has 1 unspecified atom stereocenters. The van der Waals surface area contributed by atoms with E-state index in [4.69, 9.17) is 4.74 Å². The second kappa shape index (κ2) is 3.93. The molecule has 1 saturated heterocycles. The van der Waals surface area contributed by atoms with E-state index in [9.17, 15) is 10.1 Å². The van der Waals surface area contributed by atoms with Gasteiger partial charge in [-0.05, 0) is 17.9 Å². The fourth-order valence-corrected chi connectivity index (χ4v) is 2.09. The Bertz CT molecular complexity index is 333. The van der Waals surface area contributed by atoms with Gasteiger partial charge >= 0.3 is 5.00 Å². The van der Waals surface area contributed by atoms with Crippen molar-refractivity contribution in [3.63, 3.8) is 0 Å². The van der Waals surface area contributed by atoms with Crippen LogP contribution in [0.1, 0.15) is 6.42 Å². The zero-order valence-electron chi connectivity index (χ0n) is 7.43. The highest BCUT2D eigenvalue weighted by atomic mass is 32.1. The molecule has 0 radical (unpaired) electrons. The van der Waals surface area contributed by atoms with E-state index in [1.165, 1.54) is 0 Å². The molecule has 1 aliphatic heterocycles. The van der Waals surface area contributed by atoms with Crippen LogP contribution < -0.4 is 5.32 Å². The number of thiophene rings is 1. The molecule has 0 bridgehead atoms. The van der Waals surface area contributed by atoms with Gasteiger partial charge in [-0.2, -0.15) is 0 Å². The molecule has 1 aromatic heterocycles. The molecule has 2 heterocycles. The topological polar surface area (TPSA) is 64.4 Å². The molecule has 14 heavy (non-hydrogen) atoms. The number of ether oxygens (including phenoxy) is 1. The van der Waals surface area contributed by atoms with Crippen molar-refractivity contribution in [3.05, 3.63) is 21.6 Å². The van der Waals surface area contributed by atoms with Crippen molar-refractivity contribution in [1.82, 2.24) is 0 Å². The van der Waals surface area contributed by atoms with Gasteiger partial charge in [0.2, 0.25) is 0 Å². The molecular formula is C8H10N2O3S. The van der Waals surface area contributed by atoms with E-state index < -0.39 is 0 Å². The number of nitro groups is 1. The van der Waals surface area contributed by atoms with Crippen LogP contribution in [0.3, 0.4) is 0 Å².